The van der Waals surface area contributed by atoms with Crippen LogP contribution in [0.3, 0.4) is 0 Å². The third-order valence-electron chi connectivity index (χ3n) is 5.03. The summed E-state index contributed by atoms with van der Waals surface area (Å²) in [7, 11) is 0. The Bertz CT molecular complexity index is 596. The summed E-state index contributed by atoms with van der Waals surface area (Å²) in [5.74, 6) is -2.77. The van der Waals surface area contributed by atoms with Gasteiger partial charge in [-0.25, -0.2) is 13.6 Å². The van der Waals surface area contributed by atoms with Crippen molar-refractivity contribution < 1.29 is 13.6 Å². The number of aromatic nitrogens is 1. The molecule has 3 heterocycles. The van der Waals surface area contributed by atoms with E-state index in [0.717, 1.165) is 5.69 Å². The summed E-state index contributed by atoms with van der Waals surface area (Å²) in [4.78, 5) is 19.8. The third kappa shape index (κ3) is 3.03. The number of piperidine rings is 1. The third-order valence-corrected chi connectivity index (χ3v) is 5.03. The Morgan fingerprint density at radius 3 is 2.75 bits per heavy atom. The summed E-state index contributed by atoms with van der Waals surface area (Å²) in [6.07, 6.45) is 3.46. The van der Waals surface area contributed by atoms with E-state index in [1.54, 1.807) is 17.3 Å². The van der Waals surface area contributed by atoms with Gasteiger partial charge >= 0.3 is 6.03 Å². The number of likely N-dealkylation sites (tertiary alicyclic amines) is 1. The van der Waals surface area contributed by atoms with Gasteiger partial charge in [-0.15, -0.1) is 0 Å². The lowest BCUT2D eigenvalue weighted by atomic mass is 9.75. The van der Waals surface area contributed by atoms with E-state index in [1.807, 2.05) is 30.9 Å². The quantitative estimate of drug-likeness (QED) is 0.902. The van der Waals surface area contributed by atoms with Gasteiger partial charge in [0.15, 0.2) is 0 Å². The molecule has 1 unspecified atom stereocenters. The maximum atomic E-state index is 14.8. The Balaban J connectivity index is 1.78. The lowest BCUT2D eigenvalue weighted by Crippen LogP contribution is -2.60. The van der Waals surface area contributed by atoms with E-state index in [0.29, 0.717) is 13.0 Å². The summed E-state index contributed by atoms with van der Waals surface area (Å²) in [6, 6.07) is 3.43. The van der Waals surface area contributed by atoms with Crippen molar-refractivity contribution >= 4 is 11.7 Å². The second-order valence-corrected chi connectivity index (χ2v) is 7.14. The van der Waals surface area contributed by atoms with Crippen LogP contribution in [0.2, 0.25) is 0 Å². The molecule has 1 atom stereocenters. The predicted octanol–water partition coefficient (Wildman–Crippen LogP) is 2.74. The number of nitrogens with zero attached hydrogens (tertiary/aromatic N) is 3. The summed E-state index contributed by atoms with van der Waals surface area (Å²) < 4.78 is 29.5. The Hall–Kier alpha value is -1.92. The molecule has 2 amide bonds. The number of rotatable bonds is 2. The van der Waals surface area contributed by atoms with E-state index in [4.69, 9.17) is 0 Å². The second kappa shape index (κ2) is 6.18. The molecule has 2 fully saturated rings. The zero-order valence-corrected chi connectivity index (χ0v) is 14.1. The van der Waals surface area contributed by atoms with Crippen molar-refractivity contribution in [3.05, 3.63) is 24.5 Å². The molecular formula is C17H24F2N4O. The van der Waals surface area contributed by atoms with Crippen molar-refractivity contribution in [1.29, 1.82) is 0 Å². The summed E-state index contributed by atoms with van der Waals surface area (Å²) in [5.41, 5.74) is -0.330. The normalized spacial score (nSPS) is 26.2. The van der Waals surface area contributed by atoms with Gasteiger partial charge in [0.05, 0.1) is 17.3 Å². The molecule has 0 radical (unpaired) electrons. The van der Waals surface area contributed by atoms with Gasteiger partial charge in [0.25, 0.3) is 5.92 Å². The van der Waals surface area contributed by atoms with Crippen molar-refractivity contribution in [2.75, 3.05) is 31.1 Å². The predicted molar refractivity (Wildman–Crippen MR) is 88.3 cm³/mol. The van der Waals surface area contributed by atoms with Gasteiger partial charge in [-0.05, 0) is 32.4 Å². The number of nitrogens with one attached hydrogen (secondary N) is 1. The van der Waals surface area contributed by atoms with Crippen LogP contribution in [-0.4, -0.2) is 54.1 Å². The van der Waals surface area contributed by atoms with Crippen molar-refractivity contribution in [3.63, 3.8) is 0 Å². The number of carbonyl (C=O) groups excluding carboxylic acids is 1. The first kappa shape index (κ1) is 16.9. The van der Waals surface area contributed by atoms with Crippen molar-refractivity contribution in [1.82, 2.24) is 15.2 Å². The number of pyridine rings is 1. The summed E-state index contributed by atoms with van der Waals surface area (Å²) in [6.45, 7) is 4.73. The molecule has 2 saturated heterocycles. The molecule has 0 bridgehead atoms. The average Bonchev–Trinajstić information content (AvgIpc) is 2.96. The van der Waals surface area contributed by atoms with Crippen LogP contribution in [0.5, 0.6) is 0 Å². The molecule has 0 saturated carbocycles. The molecule has 24 heavy (non-hydrogen) atoms. The molecule has 5 nitrogen and oxygen atoms in total. The van der Waals surface area contributed by atoms with E-state index < -0.39 is 11.3 Å². The zero-order valence-electron chi connectivity index (χ0n) is 14.1. The Morgan fingerprint density at radius 1 is 1.29 bits per heavy atom. The lowest BCUT2D eigenvalue weighted by molar-refractivity contribution is -0.149. The number of hydrogen-bond donors (Lipinski definition) is 1. The molecular weight excluding hydrogens is 314 g/mol. The molecule has 3 rings (SSSR count). The molecule has 2 aliphatic rings. The lowest BCUT2D eigenvalue weighted by Gasteiger charge is -2.46. The first-order valence-electron chi connectivity index (χ1n) is 8.41. The maximum absolute atomic E-state index is 14.8. The standard InChI is InChI=1S/C17H24F2N4O/c1-13(2)21-15(24)23-9-6-17(18,19)16(12-23)5-8-22(11-16)14-4-3-7-20-10-14/h3-4,7,10,13H,5-6,8-9,11-12H2,1-2H3,(H,21,24). The number of carbonyl (C=O) groups is 1. The SMILES string of the molecule is CC(C)NC(=O)N1CCC(F)(F)C2(CCN(c3cccnc3)C2)C1. The number of halogens is 2. The first-order valence-corrected chi connectivity index (χ1v) is 8.41. The number of urea groups is 1. The van der Waals surface area contributed by atoms with Gasteiger partial charge in [0.1, 0.15) is 0 Å². The van der Waals surface area contributed by atoms with Gasteiger partial charge in [0.2, 0.25) is 0 Å². The molecule has 0 aromatic carbocycles. The molecule has 1 aromatic heterocycles. The number of hydrogen-bond acceptors (Lipinski definition) is 3. The van der Waals surface area contributed by atoms with Gasteiger partial charge < -0.3 is 15.1 Å². The minimum atomic E-state index is -2.77. The topological polar surface area (TPSA) is 48.5 Å². The second-order valence-electron chi connectivity index (χ2n) is 7.14. The fourth-order valence-electron chi connectivity index (χ4n) is 3.67. The smallest absolute Gasteiger partial charge is 0.317 e. The molecule has 1 aromatic rings. The fourth-order valence-corrected chi connectivity index (χ4v) is 3.67. The van der Waals surface area contributed by atoms with Crippen molar-refractivity contribution in [2.45, 2.75) is 38.7 Å². The van der Waals surface area contributed by atoms with E-state index >= 15 is 0 Å². The number of alkyl halides is 2. The Morgan fingerprint density at radius 2 is 2.08 bits per heavy atom. The van der Waals surface area contributed by atoms with E-state index in [9.17, 15) is 13.6 Å². The average molecular weight is 338 g/mol. The first-order chi connectivity index (χ1) is 11.3. The van der Waals surface area contributed by atoms with Crippen LogP contribution >= 0.6 is 0 Å². The minimum absolute atomic E-state index is 0.00800. The van der Waals surface area contributed by atoms with Crippen LogP contribution in [0.4, 0.5) is 19.3 Å². The monoisotopic (exact) mass is 338 g/mol. The van der Waals surface area contributed by atoms with E-state index in [-0.39, 0.29) is 38.1 Å². The van der Waals surface area contributed by atoms with Crippen LogP contribution in [0.1, 0.15) is 26.7 Å². The van der Waals surface area contributed by atoms with Gasteiger partial charge in [-0.3, -0.25) is 4.98 Å². The minimum Gasteiger partial charge on any atom is -0.369 e. The highest BCUT2D eigenvalue weighted by molar-refractivity contribution is 5.74. The fraction of sp³-hybridized carbons (Fsp3) is 0.647. The Kier molecular flexibility index (Phi) is 4.36. The van der Waals surface area contributed by atoms with Gasteiger partial charge in [-0.1, -0.05) is 0 Å². The van der Waals surface area contributed by atoms with Crippen molar-refractivity contribution in [3.8, 4) is 0 Å². The number of anilines is 1. The largest absolute Gasteiger partial charge is 0.369 e. The van der Waals surface area contributed by atoms with Crippen LogP contribution in [0, 0.1) is 5.41 Å². The maximum Gasteiger partial charge on any atom is 0.317 e. The molecule has 0 aliphatic carbocycles. The number of amides is 2. The van der Waals surface area contributed by atoms with Crippen LogP contribution in [0.25, 0.3) is 0 Å². The highest BCUT2D eigenvalue weighted by Crippen LogP contribution is 2.50. The van der Waals surface area contributed by atoms with E-state index in [1.165, 1.54) is 0 Å². The van der Waals surface area contributed by atoms with Crippen molar-refractivity contribution in [2.24, 2.45) is 5.41 Å². The zero-order chi connectivity index (χ0) is 17.4. The Labute approximate surface area is 141 Å². The van der Waals surface area contributed by atoms with E-state index in [2.05, 4.69) is 10.3 Å². The van der Waals surface area contributed by atoms with Crippen LogP contribution in [0.15, 0.2) is 24.5 Å². The van der Waals surface area contributed by atoms with Gasteiger partial charge in [0, 0.05) is 44.8 Å². The molecule has 132 valence electrons. The van der Waals surface area contributed by atoms with Gasteiger partial charge in [-0.2, -0.15) is 0 Å². The molecule has 1 N–H and O–H groups in total. The highest BCUT2D eigenvalue weighted by atomic mass is 19.3. The highest BCUT2D eigenvalue weighted by Gasteiger charge is 2.60. The molecule has 2 aliphatic heterocycles. The van der Waals surface area contributed by atoms with Crippen LogP contribution < -0.4 is 10.2 Å². The van der Waals surface area contributed by atoms with Crippen LogP contribution in [-0.2, 0) is 0 Å². The molecule has 7 heteroatoms. The summed E-state index contributed by atoms with van der Waals surface area (Å²) >= 11 is 0. The molecule has 1 spiro atoms. The summed E-state index contributed by atoms with van der Waals surface area (Å²) in [5, 5.41) is 2.81.